The van der Waals surface area contributed by atoms with Gasteiger partial charge in [0.1, 0.15) is 0 Å². The van der Waals surface area contributed by atoms with Crippen LogP contribution in [0.2, 0.25) is 0 Å². The lowest BCUT2D eigenvalue weighted by atomic mass is 9.95. The maximum Gasteiger partial charge on any atom is 0.391 e. The Balaban J connectivity index is 2.49. The number of nitrogens with one attached hydrogen (secondary N) is 1. The quantitative estimate of drug-likeness (QED) is 0.844. The molecule has 1 N–H and O–H groups in total. The van der Waals surface area contributed by atoms with Gasteiger partial charge >= 0.3 is 6.18 Å². The molecule has 0 aromatic rings. The van der Waals surface area contributed by atoms with E-state index >= 15 is 0 Å². The van der Waals surface area contributed by atoms with Crippen molar-refractivity contribution in [3.8, 4) is 0 Å². The second-order valence-corrected chi connectivity index (χ2v) is 6.59. The molecule has 0 amide bonds. The molecule has 0 radical (unpaired) electrons. The van der Waals surface area contributed by atoms with Crippen LogP contribution in [0.3, 0.4) is 0 Å². The molecule has 120 valence electrons. The molecular formula is C14H27F3N2O. The topological polar surface area (TPSA) is 24.5 Å². The third-order valence-corrected chi connectivity index (χ3v) is 3.74. The van der Waals surface area contributed by atoms with Crippen LogP contribution in [0.25, 0.3) is 0 Å². The van der Waals surface area contributed by atoms with Gasteiger partial charge in [-0.05, 0) is 46.7 Å². The number of ether oxygens (including phenoxy) is 1. The highest BCUT2D eigenvalue weighted by Crippen LogP contribution is 2.34. The minimum atomic E-state index is -4.05. The molecule has 6 heteroatoms. The van der Waals surface area contributed by atoms with Crippen LogP contribution in [0.15, 0.2) is 0 Å². The molecule has 1 aliphatic heterocycles. The molecule has 0 aliphatic carbocycles. The number of piperidine rings is 1. The van der Waals surface area contributed by atoms with Crippen LogP contribution in [0, 0.1) is 5.92 Å². The maximum absolute atomic E-state index is 12.7. The largest absolute Gasteiger partial charge is 0.391 e. The van der Waals surface area contributed by atoms with E-state index in [0.29, 0.717) is 19.7 Å². The summed E-state index contributed by atoms with van der Waals surface area (Å²) in [5.41, 5.74) is -0.00369. The van der Waals surface area contributed by atoms with E-state index in [1.807, 2.05) is 0 Å². The SMILES string of the molecule is COCC(CNC(C)(C)C)N1CCC(C(F)(F)F)CC1. The Morgan fingerprint density at radius 3 is 2.15 bits per heavy atom. The lowest BCUT2D eigenvalue weighted by molar-refractivity contribution is -0.186. The van der Waals surface area contributed by atoms with Gasteiger partial charge in [0, 0.05) is 25.2 Å². The van der Waals surface area contributed by atoms with E-state index in [0.717, 1.165) is 6.54 Å². The standard InChI is InChI=1S/C14H27F3N2O/c1-13(2,3)18-9-12(10-20-4)19-7-5-11(6-8-19)14(15,16)17/h11-12,18H,5-10H2,1-4H3. The van der Waals surface area contributed by atoms with Crippen molar-refractivity contribution in [1.29, 1.82) is 0 Å². The number of halogens is 3. The van der Waals surface area contributed by atoms with Gasteiger partial charge in [-0.15, -0.1) is 0 Å². The Morgan fingerprint density at radius 2 is 1.75 bits per heavy atom. The number of rotatable bonds is 5. The van der Waals surface area contributed by atoms with E-state index < -0.39 is 12.1 Å². The summed E-state index contributed by atoms with van der Waals surface area (Å²) in [6.45, 7) is 8.48. The van der Waals surface area contributed by atoms with Crippen molar-refractivity contribution in [3.63, 3.8) is 0 Å². The summed E-state index contributed by atoms with van der Waals surface area (Å²) < 4.78 is 43.2. The Labute approximate surface area is 119 Å². The highest BCUT2D eigenvalue weighted by molar-refractivity contribution is 4.84. The second kappa shape index (κ2) is 7.09. The number of likely N-dealkylation sites (tertiary alicyclic amines) is 1. The molecule has 1 aliphatic rings. The van der Waals surface area contributed by atoms with Crippen molar-refractivity contribution in [1.82, 2.24) is 10.2 Å². The number of hydrogen-bond acceptors (Lipinski definition) is 3. The highest BCUT2D eigenvalue weighted by Gasteiger charge is 2.41. The molecule has 0 saturated carbocycles. The molecule has 3 nitrogen and oxygen atoms in total. The van der Waals surface area contributed by atoms with Gasteiger partial charge in [-0.25, -0.2) is 0 Å². The number of alkyl halides is 3. The Kier molecular flexibility index (Phi) is 6.28. The molecule has 1 heterocycles. The van der Waals surface area contributed by atoms with E-state index in [-0.39, 0.29) is 24.4 Å². The minimum absolute atomic E-state index is 0.00369. The maximum atomic E-state index is 12.7. The smallest absolute Gasteiger partial charge is 0.383 e. The van der Waals surface area contributed by atoms with Gasteiger partial charge in [0.2, 0.25) is 0 Å². The summed E-state index contributed by atoms with van der Waals surface area (Å²) in [5.74, 6) is -1.14. The van der Waals surface area contributed by atoms with Crippen LogP contribution in [0.4, 0.5) is 13.2 Å². The Morgan fingerprint density at radius 1 is 1.20 bits per heavy atom. The van der Waals surface area contributed by atoms with Crippen LogP contribution < -0.4 is 5.32 Å². The van der Waals surface area contributed by atoms with E-state index in [4.69, 9.17) is 4.74 Å². The van der Waals surface area contributed by atoms with Gasteiger partial charge < -0.3 is 10.1 Å². The number of methoxy groups -OCH3 is 1. The average molecular weight is 296 g/mol. The van der Waals surface area contributed by atoms with Gasteiger partial charge in [-0.1, -0.05) is 0 Å². The summed E-state index contributed by atoms with van der Waals surface area (Å²) in [6, 6.07) is 0.133. The third-order valence-electron chi connectivity index (χ3n) is 3.74. The molecule has 1 saturated heterocycles. The van der Waals surface area contributed by atoms with Crippen molar-refractivity contribution >= 4 is 0 Å². The van der Waals surface area contributed by atoms with Crippen LogP contribution in [0.5, 0.6) is 0 Å². The predicted molar refractivity (Wildman–Crippen MR) is 73.8 cm³/mol. The summed E-state index contributed by atoms with van der Waals surface area (Å²) in [7, 11) is 1.63. The summed E-state index contributed by atoms with van der Waals surface area (Å²) >= 11 is 0. The molecule has 20 heavy (non-hydrogen) atoms. The first-order valence-electron chi connectivity index (χ1n) is 7.18. The zero-order valence-electron chi connectivity index (χ0n) is 12.9. The normalized spacial score (nSPS) is 21.1. The third kappa shape index (κ3) is 5.97. The van der Waals surface area contributed by atoms with Crippen molar-refractivity contribution in [3.05, 3.63) is 0 Å². The van der Waals surface area contributed by atoms with Crippen molar-refractivity contribution in [2.45, 2.75) is 51.4 Å². The molecule has 1 rings (SSSR count). The monoisotopic (exact) mass is 296 g/mol. The minimum Gasteiger partial charge on any atom is -0.383 e. The van der Waals surface area contributed by atoms with Crippen LogP contribution in [0.1, 0.15) is 33.6 Å². The van der Waals surface area contributed by atoms with Gasteiger partial charge in [-0.3, -0.25) is 4.90 Å². The van der Waals surface area contributed by atoms with E-state index in [2.05, 4.69) is 31.0 Å². The first-order chi connectivity index (χ1) is 9.13. The van der Waals surface area contributed by atoms with Crippen LogP contribution in [-0.2, 0) is 4.74 Å². The first-order valence-corrected chi connectivity index (χ1v) is 7.18. The predicted octanol–water partition coefficient (Wildman–Crippen LogP) is 2.66. The molecule has 0 aromatic carbocycles. The Bertz CT molecular complexity index is 281. The van der Waals surface area contributed by atoms with E-state index in [1.54, 1.807) is 7.11 Å². The molecule has 1 atom stereocenters. The van der Waals surface area contributed by atoms with Crippen LogP contribution in [-0.4, -0.2) is 56.0 Å². The van der Waals surface area contributed by atoms with Crippen molar-refractivity contribution in [2.75, 3.05) is 33.4 Å². The lowest BCUT2D eigenvalue weighted by Crippen LogP contribution is -2.52. The summed E-state index contributed by atoms with van der Waals surface area (Å²) in [5, 5.41) is 3.40. The zero-order valence-corrected chi connectivity index (χ0v) is 12.9. The van der Waals surface area contributed by atoms with E-state index in [9.17, 15) is 13.2 Å². The van der Waals surface area contributed by atoms with Crippen molar-refractivity contribution < 1.29 is 17.9 Å². The fourth-order valence-electron chi connectivity index (χ4n) is 2.50. The van der Waals surface area contributed by atoms with Crippen LogP contribution >= 0.6 is 0 Å². The van der Waals surface area contributed by atoms with Gasteiger partial charge in [0.05, 0.1) is 12.5 Å². The van der Waals surface area contributed by atoms with Gasteiger partial charge in [-0.2, -0.15) is 13.2 Å². The molecule has 1 unspecified atom stereocenters. The number of hydrogen-bond donors (Lipinski definition) is 1. The van der Waals surface area contributed by atoms with Gasteiger partial charge in [0.15, 0.2) is 0 Å². The lowest BCUT2D eigenvalue weighted by Gasteiger charge is -2.39. The molecule has 0 bridgehead atoms. The fourth-order valence-corrected chi connectivity index (χ4v) is 2.50. The molecule has 0 spiro atoms. The Hall–Kier alpha value is -0.330. The summed E-state index contributed by atoms with van der Waals surface area (Å²) in [4.78, 5) is 2.12. The highest BCUT2D eigenvalue weighted by atomic mass is 19.4. The van der Waals surface area contributed by atoms with Crippen molar-refractivity contribution in [2.24, 2.45) is 5.92 Å². The zero-order chi connectivity index (χ0) is 15.4. The molecule has 1 fully saturated rings. The first kappa shape index (κ1) is 17.7. The second-order valence-electron chi connectivity index (χ2n) is 6.59. The molecule has 0 aromatic heterocycles. The van der Waals surface area contributed by atoms with E-state index in [1.165, 1.54) is 0 Å². The fraction of sp³-hybridized carbons (Fsp3) is 1.00. The number of nitrogens with zero attached hydrogens (tertiary/aromatic N) is 1. The summed E-state index contributed by atoms with van der Waals surface area (Å²) in [6.07, 6.45) is -3.66. The average Bonchev–Trinajstić information content (AvgIpc) is 2.32. The van der Waals surface area contributed by atoms with Gasteiger partial charge in [0.25, 0.3) is 0 Å². The molecular weight excluding hydrogens is 269 g/mol.